The van der Waals surface area contributed by atoms with Crippen molar-refractivity contribution in [2.75, 3.05) is 45.2 Å². The number of hydrogen-bond donors (Lipinski definition) is 2. The molecule has 8 nitrogen and oxygen atoms in total. The Labute approximate surface area is 238 Å². The van der Waals surface area contributed by atoms with E-state index in [1.165, 1.54) is 25.1 Å². The summed E-state index contributed by atoms with van der Waals surface area (Å²) in [6, 6.07) is 10.5. The number of fused-ring (bicyclic) bond motifs is 1. The molecule has 2 aliphatic heterocycles. The highest BCUT2D eigenvalue weighted by atomic mass is 16.5. The summed E-state index contributed by atoms with van der Waals surface area (Å²) in [6.45, 7) is 11.6. The fourth-order valence-electron chi connectivity index (χ4n) is 6.65. The Morgan fingerprint density at radius 3 is 2.38 bits per heavy atom. The zero-order valence-corrected chi connectivity index (χ0v) is 24.5. The lowest BCUT2D eigenvalue weighted by molar-refractivity contribution is 0.0519. The number of esters is 1. The lowest BCUT2D eigenvalue weighted by Gasteiger charge is -2.26. The third-order valence-electron chi connectivity index (χ3n) is 8.45. The van der Waals surface area contributed by atoms with Crippen molar-refractivity contribution >= 4 is 17.7 Å². The van der Waals surface area contributed by atoms with Gasteiger partial charge in [-0.3, -0.25) is 10.3 Å². The van der Waals surface area contributed by atoms with Gasteiger partial charge in [0.05, 0.1) is 18.3 Å². The number of rotatable bonds is 9. The fourth-order valence-corrected chi connectivity index (χ4v) is 6.65. The predicted octanol–water partition coefficient (Wildman–Crippen LogP) is 5.41. The molecule has 2 aromatic rings. The average molecular weight is 548 g/mol. The highest BCUT2D eigenvalue weighted by Gasteiger charge is 2.38. The Morgan fingerprint density at radius 2 is 1.75 bits per heavy atom. The first kappa shape index (κ1) is 28.6. The molecule has 216 valence electrons. The lowest BCUT2D eigenvalue weighted by atomic mass is 9.94. The van der Waals surface area contributed by atoms with Crippen LogP contribution in [0, 0.1) is 17.2 Å². The molecule has 2 saturated heterocycles. The maximum atomic E-state index is 12.9. The van der Waals surface area contributed by atoms with E-state index in [9.17, 15) is 4.79 Å². The van der Waals surface area contributed by atoms with Gasteiger partial charge >= 0.3 is 5.97 Å². The summed E-state index contributed by atoms with van der Waals surface area (Å²) < 4.78 is 11.2. The molecule has 3 aliphatic rings. The Bertz CT molecular complexity index is 1180. The molecule has 2 atom stereocenters. The van der Waals surface area contributed by atoms with Crippen LogP contribution in [0.25, 0.3) is 11.1 Å². The third kappa shape index (κ3) is 6.66. The molecular weight excluding hydrogens is 502 g/mol. The molecule has 0 bridgehead atoms. The largest absolute Gasteiger partial charge is 0.475 e. The van der Waals surface area contributed by atoms with E-state index in [0.29, 0.717) is 11.4 Å². The first-order chi connectivity index (χ1) is 19.3. The first-order valence-corrected chi connectivity index (χ1v) is 15.0. The van der Waals surface area contributed by atoms with Crippen LogP contribution in [-0.4, -0.2) is 78.6 Å². The minimum Gasteiger partial charge on any atom is -0.475 e. The topological polar surface area (TPSA) is 90.8 Å². The number of nitrogens with one attached hydrogen (secondary N) is 2. The molecule has 0 spiro atoms. The van der Waals surface area contributed by atoms with E-state index >= 15 is 0 Å². The van der Waals surface area contributed by atoms with Crippen molar-refractivity contribution in [1.82, 2.24) is 14.8 Å². The molecule has 5 rings (SSSR count). The van der Waals surface area contributed by atoms with Gasteiger partial charge in [-0.1, -0.05) is 43.5 Å². The normalized spacial score (nSPS) is 21.9. The lowest BCUT2D eigenvalue weighted by Crippen LogP contribution is -2.26. The van der Waals surface area contributed by atoms with Crippen molar-refractivity contribution in [2.24, 2.45) is 11.8 Å². The summed E-state index contributed by atoms with van der Waals surface area (Å²) >= 11 is 0. The number of benzene rings is 1. The second-order valence-electron chi connectivity index (χ2n) is 12.1. The van der Waals surface area contributed by atoms with Crippen LogP contribution in [0.1, 0.15) is 74.5 Å². The van der Waals surface area contributed by atoms with Crippen LogP contribution in [0.5, 0.6) is 0 Å². The summed E-state index contributed by atoms with van der Waals surface area (Å²) in [5.74, 6) is 1.69. The quantitative estimate of drug-likeness (QED) is 0.246. The highest BCUT2D eigenvalue weighted by Crippen LogP contribution is 2.34. The summed E-state index contributed by atoms with van der Waals surface area (Å²) in [5, 5.41) is 12.5. The highest BCUT2D eigenvalue weighted by molar-refractivity contribution is 6.05. The molecular formula is C32H45N5O3. The van der Waals surface area contributed by atoms with Gasteiger partial charge in [-0.2, -0.15) is 0 Å². The molecule has 1 saturated carbocycles. The minimum atomic E-state index is -0.458. The molecule has 1 aliphatic carbocycles. The van der Waals surface area contributed by atoms with Crippen LogP contribution in [-0.2, 0) is 16.0 Å². The fraction of sp³-hybridized carbons (Fsp3) is 0.594. The summed E-state index contributed by atoms with van der Waals surface area (Å²) in [6.07, 6.45) is 5.49. The van der Waals surface area contributed by atoms with Gasteiger partial charge < -0.3 is 19.7 Å². The van der Waals surface area contributed by atoms with Gasteiger partial charge in [0.1, 0.15) is 5.82 Å². The number of nitrogens with zero attached hydrogens (tertiary/aromatic N) is 3. The van der Waals surface area contributed by atoms with Gasteiger partial charge in [0.25, 0.3) is 0 Å². The molecule has 40 heavy (non-hydrogen) atoms. The number of carbonyl (C=O) groups is 1. The SMILES string of the molecule is CCOC(=O)c1cc(-c2ccc(CN3CC4CN(C)CC4C3)cc2)c(C(=N)OC(C)C)c(NC2CCCCC2)n1. The Morgan fingerprint density at radius 1 is 1.07 bits per heavy atom. The number of ether oxygens (including phenoxy) is 2. The molecule has 3 fully saturated rings. The third-order valence-corrected chi connectivity index (χ3v) is 8.45. The standard InChI is InChI=1S/C32H45N5O3/c1-5-39-32(38)28-15-27(29(30(33)40-21(2)3)31(35-28)34-26-9-7-6-8-10-26)23-13-11-22(12-14-23)16-37-19-24-17-36(4)18-25(24)20-37/h11-15,21,24-26,33H,5-10,16-20H2,1-4H3,(H,34,35). The minimum absolute atomic E-state index is 0.0591. The second-order valence-corrected chi connectivity index (χ2v) is 12.1. The van der Waals surface area contributed by atoms with Crippen molar-refractivity contribution in [3.8, 4) is 11.1 Å². The molecule has 2 N–H and O–H groups in total. The van der Waals surface area contributed by atoms with E-state index in [1.54, 1.807) is 13.0 Å². The second kappa shape index (κ2) is 12.7. The molecule has 0 radical (unpaired) electrons. The number of aromatic nitrogens is 1. The van der Waals surface area contributed by atoms with E-state index in [1.807, 2.05) is 13.8 Å². The molecule has 1 aromatic heterocycles. The van der Waals surface area contributed by atoms with Crippen LogP contribution >= 0.6 is 0 Å². The number of likely N-dealkylation sites (tertiary alicyclic amines) is 2. The number of anilines is 1. The van der Waals surface area contributed by atoms with Crippen LogP contribution in [0.15, 0.2) is 30.3 Å². The van der Waals surface area contributed by atoms with Gasteiger partial charge in [0.15, 0.2) is 5.69 Å². The van der Waals surface area contributed by atoms with Crippen molar-refractivity contribution in [3.63, 3.8) is 0 Å². The number of carbonyl (C=O) groups excluding carboxylic acids is 1. The molecule has 3 heterocycles. The van der Waals surface area contributed by atoms with E-state index in [0.717, 1.165) is 68.3 Å². The monoisotopic (exact) mass is 547 g/mol. The van der Waals surface area contributed by atoms with E-state index in [4.69, 9.17) is 19.9 Å². The van der Waals surface area contributed by atoms with Crippen molar-refractivity contribution in [2.45, 2.75) is 71.6 Å². The number of hydrogen-bond acceptors (Lipinski definition) is 8. The van der Waals surface area contributed by atoms with Crippen LogP contribution in [0.3, 0.4) is 0 Å². The zero-order valence-electron chi connectivity index (χ0n) is 24.5. The van der Waals surface area contributed by atoms with Gasteiger partial charge in [0, 0.05) is 44.3 Å². The zero-order chi connectivity index (χ0) is 28.2. The van der Waals surface area contributed by atoms with Crippen molar-refractivity contribution < 1.29 is 14.3 Å². The Kier molecular flexibility index (Phi) is 9.06. The van der Waals surface area contributed by atoms with Crippen LogP contribution in [0.4, 0.5) is 5.82 Å². The van der Waals surface area contributed by atoms with Gasteiger partial charge in [0.2, 0.25) is 5.90 Å². The molecule has 1 aromatic carbocycles. The summed E-state index contributed by atoms with van der Waals surface area (Å²) in [5.41, 5.74) is 3.79. The van der Waals surface area contributed by atoms with Crippen LogP contribution in [0.2, 0.25) is 0 Å². The van der Waals surface area contributed by atoms with Crippen LogP contribution < -0.4 is 5.32 Å². The summed E-state index contributed by atoms with van der Waals surface area (Å²) in [4.78, 5) is 22.6. The van der Waals surface area contributed by atoms with Crippen molar-refractivity contribution in [3.05, 3.63) is 47.2 Å². The van der Waals surface area contributed by atoms with E-state index in [2.05, 4.69) is 46.4 Å². The van der Waals surface area contributed by atoms with Crippen molar-refractivity contribution in [1.29, 1.82) is 5.41 Å². The van der Waals surface area contributed by atoms with E-state index < -0.39 is 5.97 Å². The van der Waals surface area contributed by atoms with E-state index in [-0.39, 0.29) is 30.3 Å². The van der Waals surface area contributed by atoms with Gasteiger partial charge in [-0.25, -0.2) is 9.78 Å². The molecule has 2 unspecified atom stereocenters. The average Bonchev–Trinajstić information content (AvgIpc) is 3.45. The first-order valence-electron chi connectivity index (χ1n) is 15.0. The predicted molar refractivity (Wildman–Crippen MR) is 159 cm³/mol. The molecule has 0 amide bonds. The van der Waals surface area contributed by atoms with Gasteiger partial charge in [-0.05, 0) is 69.7 Å². The maximum absolute atomic E-state index is 12.9. The Balaban J connectivity index is 1.46. The smallest absolute Gasteiger partial charge is 0.357 e. The molecule has 8 heteroatoms. The Hall–Kier alpha value is -2.97. The number of pyridine rings is 1. The van der Waals surface area contributed by atoms with Gasteiger partial charge in [-0.15, -0.1) is 0 Å². The maximum Gasteiger partial charge on any atom is 0.357 e. The summed E-state index contributed by atoms with van der Waals surface area (Å²) in [7, 11) is 2.23.